The first kappa shape index (κ1) is 13.6. The molecular weight excluding hydrogens is 262 g/mol. The maximum Gasteiger partial charge on any atom is 0.258 e. The second kappa shape index (κ2) is 5.91. The average molecular weight is 277 g/mol. The monoisotopic (exact) mass is 277 g/mol. The number of nitrogens with two attached hydrogens (primary N) is 1. The largest absolute Gasteiger partial charge is 0.368 e. The number of likely N-dealkylation sites (N-methyl/N-ethyl adjacent to an activating group) is 2. The van der Waals surface area contributed by atoms with Crippen LogP contribution in [0.4, 0.5) is 11.9 Å². The number of nitrogen functional groups attached to an aromatic ring is 1. The lowest BCUT2D eigenvalue weighted by molar-refractivity contribution is -0.119. The molecule has 3 N–H and O–H groups in total. The van der Waals surface area contributed by atoms with Gasteiger partial charge in [0.05, 0.1) is 6.54 Å². The van der Waals surface area contributed by atoms with E-state index in [0.717, 1.165) is 0 Å². The third-order valence-electron chi connectivity index (χ3n) is 2.53. The Morgan fingerprint density at radius 3 is 2.85 bits per heavy atom. The molecule has 0 saturated carbocycles. The number of nitrogens with zero attached hydrogens (tertiary/aromatic N) is 7. The van der Waals surface area contributed by atoms with Gasteiger partial charge in [-0.1, -0.05) is 0 Å². The van der Waals surface area contributed by atoms with E-state index in [9.17, 15) is 4.79 Å². The van der Waals surface area contributed by atoms with Gasteiger partial charge in [0.1, 0.15) is 12.7 Å². The summed E-state index contributed by atoms with van der Waals surface area (Å²) in [4.78, 5) is 29.2. The Hall–Kier alpha value is -2.78. The number of hydrogen-bond acceptors (Lipinski definition) is 8. The van der Waals surface area contributed by atoms with E-state index < -0.39 is 0 Å². The van der Waals surface area contributed by atoms with Crippen LogP contribution in [0.2, 0.25) is 0 Å². The Morgan fingerprint density at radius 2 is 2.25 bits per heavy atom. The van der Waals surface area contributed by atoms with E-state index in [1.54, 1.807) is 11.9 Å². The molecule has 0 unspecified atom stereocenters. The fraction of sp³-hybridized carbons (Fsp3) is 0.400. The first-order valence-electron chi connectivity index (χ1n) is 5.96. The summed E-state index contributed by atoms with van der Waals surface area (Å²) in [6.07, 6.45) is 2.81. The fourth-order valence-electron chi connectivity index (χ4n) is 1.50. The molecule has 2 heterocycles. The number of carbonyl (C=O) groups is 1. The van der Waals surface area contributed by atoms with Crippen LogP contribution in [0.5, 0.6) is 0 Å². The van der Waals surface area contributed by atoms with Gasteiger partial charge in [0.15, 0.2) is 0 Å². The minimum Gasteiger partial charge on any atom is -0.368 e. The molecule has 0 spiro atoms. The van der Waals surface area contributed by atoms with E-state index in [0.29, 0.717) is 12.5 Å². The first-order chi connectivity index (χ1) is 9.63. The summed E-state index contributed by atoms with van der Waals surface area (Å²) in [5, 5.41) is 6.48. The number of hydrogen-bond donors (Lipinski definition) is 2. The average Bonchev–Trinajstić information content (AvgIpc) is 2.97. The Bertz CT molecular complexity index is 582. The zero-order chi connectivity index (χ0) is 14.5. The third kappa shape index (κ3) is 2.96. The lowest BCUT2D eigenvalue weighted by Gasteiger charge is -2.19. The zero-order valence-electron chi connectivity index (χ0n) is 11.2. The Kier molecular flexibility index (Phi) is 4.03. The summed E-state index contributed by atoms with van der Waals surface area (Å²) < 4.78 is 1.37. The predicted molar refractivity (Wildman–Crippen MR) is 71.1 cm³/mol. The van der Waals surface area contributed by atoms with Crippen LogP contribution in [-0.2, 0) is 4.79 Å². The van der Waals surface area contributed by atoms with Crippen LogP contribution in [0, 0.1) is 0 Å². The maximum absolute atomic E-state index is 11.5. The molecule has 20 heavy (non-hydrogen) atoms. The molecule has 2 aromatic rings. The Morgan fingerprint density at radius 1 is 1.45 bits per heavy atom. The second-order valence-corrected chi connectivity index (χ2v) is 3.82. The van der Waals surface area contributed by atoms with Gasteiger partial charge in [-0.25, -0.2) is 4.98 Å². The fourth-order valence-corrected chi connectivity index (χ4v) is 1.50. The second-order valence-electron chi connectivity index (χ2n) is 3.82. The van der Waals surface area contributed by atoms with Crippen LogP contribution in [0.15, 0.2) is 12.7 Å². The lowest BCUT2D eigenvalue weighted by Crippen LogP contribution is -2.36. The molecule has 0 radical (unpaired) electrons. The van der Waals surface area contributed by atoms with Gasteiger partial charge >= 0.3 is 0 Å². The molecule has 0 aliphatic carbocycles. The van der Waals surface area contributed by atoms with E-state index in [1.807, 2.05) is 6.92 Å². The van der Waals surface area contributed by atoms with Gasteiger partial charge in [0, 0.05) is 13.6 Å². The van der Waals surface area contributed by atoms with Crippen molar-refractivity contribution < 1.29 is 4.79 Å². The maximum atomic E-state index is 11.5. The molecule has 2 rings (SSSR count). The van der Waals surface area contributed by atoms with Gasteiger partial charge in [0.25, 0.3) is 5.95 Å². The van der Waals surface area contributed by atoms with E-state index in [2.05, 4.69) is 30.4 Å². The molecule has 106 valence electrons. The van der Waals surface area contributed by atoms with E-state index >= 15 is 0 Å². The number of amides is 1. The van der Waals surface area contributed by atoms with Gasteiger partial charge < -0.3 is 16.0 Å². The summed E-state index contributed by atoms with van der Waals surface area (Å²) in [5.41, 5.74) is 5.67. The van der Waals surface area contributed by atoms with Gasteiger partial charge in [0.2, 0.25) is 17.8 Å². The van der Waals surface area contributed by atoms with Crippen LogP contribution in [0.1, 0.15) is 6.92 Å². The molecule has 0 fully saturated rings. The summed E-state index contributed by atoms with van der Waals surface area (Å²) in [6.45, 7) is 2.57. The van der Waals surface area contributed by atoms with Crippen molar-refractivity contribution in [3.8, 4) is 5.95 Å². The summed E-state index contributed by atoms with van der Waals surface area (Å²) >= 11 is 0. The van der Waals surface area contributed by atoms with Crippen molar-refractivity contribution in [1.82, 2.24) is 35.0 Å². The highest BCUT2D eigenvalue weighted by Crippen LogP contribution is 2.10. The molecule has 0 saturated heterocycles. The van der Waals surface area contributed by atoms with Crippen LogP contribution in [-0.4, -0.2) is 55.8 Å². The van der Waals surface area contributed by atoms with Gasteiger partial charge in [-0.3, -0.25) is 4.79 Å². The number of nitrogens with one attached hydrogen (secondary N) is 1. The normalized spacial score (nSPS) is 10.3. The lowest BCUT2D eigenvalue weighted by atomic mass is 10.5. The minimum atomic E-state index is -0.145. The molecule has 0 aliphatic rings. The van der Waals surface area contributed by atoms with Crippen LogP contribution in [0.25, 0.3) is 5.95 Å². The minimum absolute atomic E-state index is 0.0517. The standard InChI is InChI=1S/C10H15N9O/c1-3-18(4-7(20)12-2)9-15-8(11)16-10(17-9)19-6-13-5-14-19/h5-6H,3-4H2,1-2H3,(H,12,20)(H2,11,15,16,17). The van der Waals surface area contributed by atoms with Gasteiger partial charge in [-0.05, 0) is 6.92 Å². The highest BCUT2D eigenvalue weighted by Gasteiger charge is 2.15. The van der Waals surface area contributed by atoms with Gasteiger partial charge in [-0.15, -0.1) is 0 Å². The molecular formula is C10H15N9O. The smallest absolute Gasteiger partial charge is 0.258 e. The zero-order valence-corrected chi connectivity index (χ0v) is 11.2. The number of rotatable bonds is 5. The van der Waals surface area contributed by atoms with E-state index in [1.165, 1.54) is 17.3 Å². The van der Waals surface area contributed by atoms with Crippen molar-refractivity contribution in [3.05, 3.63) is 12.7 Å². The third-order valence-corrected chi connectivity index (χ3v) is 2.53. The van der Waals surface area contributed by atoms with Crippen molar-refractivity contribution in [1.29, 1.82) is 0 Å². The van der Waals surface area contributed by atoms with E-state index in [-0.39, 0.29) is 24.3 Å². The van der Waals surface area contributed by atoms with Crippen LogP contribution < -0.4 is 16.0 Å². The molecule has 0 atom stereocenters. The number of aromatic nitrogens is 6. The highest BCUT2D eigenvalue weighted by molar-refractivity contribution is 5.80. The quantitative estimate of drug-likeness (QED) is 0.683. The van der Waals surface area contributed by atoms with Crippen molar-refractivity contribution in [3.63, 3.8) is 0 Å². The number of anilines is 2. The Labute approximate surface area is 115 Å². The molecule has 2 aromatic heterocycles. The SMILES string of the molecule is CCN(CC(=O)NC)c1nc(N)nc(-n2cncn2)n1. The van der Waals surface area contributed by atoms with Crippen LogP contribution >= 0.6 is 0 Å². The molecule has 0 aromatic carbocycles. The molecule has 1 amide bonds. The Balaban J connectivity index is 2.33. The van der Waals surface area contributed by atoms with Crippen molar-refractivity contribution in [2.75, 3.05) is 30.8 Å². The summed E-state index contributed by atoms with van der Waals surface area (Å²) in [5.74, 6) is 0.471. The summed E-state index contributed by atoms with van der Waals surface area (Å²) in [7, 11) is 1.57. The van der Waals surface area contributed by atoms with Crippen LogP contribution in [0.3, 0.4) is 0 Å². The van der Waals surface area contributed by atoms with E-state index in [4.69, 9.17) is 5.73 Å². The first-order valence-corrected chi connectivity index (χ1v) is 5.96. The molecule has 0 aliphatic heterocycles. The molecule has 10 heteroatoms. The topological polar surface area (TPSA) is 128 Å². The molecule has 10 nitrogen and oxygen atoms in total. The summed E-state index contributed by atoms with van der Waals surface area (Å²) in [6, 6.07) is 0. The highest BCUT2D eigenvalue weighted by atomic mass is 16.1. The molecule has 0 bridgehead atoms. The van der Waals surface area contributed by atoms with Gasteiger partial charge in [-0.2, -0.15) is 24.7 Å². The van der Waals surface area contributed by atoms with Crippen molar-refractivity contribution >= 4 is 17.8 Å². The number of carbonyl (C=O) groups excluding carboxylic acids is 1. The predicted octanol–water partition coefficient (Wildman–Crippen LogP) is -1.39. The van der Waals surface area contributed by atoms with Crippen molar-refractivity contribution in [2.24, 2.45) is 0 Å². The van der Waals surface area contributed by atoms with Crippen molar-refractivity contribution in [2.45, 2.75) is 6.92 Å².